The molecule has 5 nitrogen and oxygen atoms in total. The SMILES string of the molecule is CCCC(C)(C)Sc1ccc(NC(=O)C2CCN(S(=O)(=O)c3ccccc3)CC2)cc1. The molecule has 0 radical (unpaired) electrons. The number of rotatable bonds is 8. The number of anilines is 1. The molecule has 0 aliphatic carbocycles. The van der Waals surface area contributed by atoms with Gasteiger partial charge in [-0.2, -0.15) is 4.31 Å². The zero-order chi connectivity index (χ0) is 22.5. The zero-order valence-corrected chi connectivity index (χ0v) is 20.1. The van der Waals surface area contributed by atoms with Crippen molar-refractivity contribution < 1.29 is 13.2 Å². The molecule has 7 heteroatoms. The summed E-state index contributed by atoms with van der Waals surface area (Å²) < 4.78 is 27.2. The smallest absolute Gasteiger partial charge is 0.243 e. The molecule has 1 amide bonds. The van der Waals surface area contributed by atoms with Gasteiger partial charge in [-0.1, -0.05) is 45.4 Å². The van der Waals surface area contributed by atoms with Crippen LogP contribution < -0.4 is 5.32 Å². The van der Waals surface area contributed by atoms with Gasteiger partial charge in [0.05, 0.1) is 4.90 Å². The van der Waals surface area contributed by atoms with Crippen molar-refractivity contribution in [1.82, 2.24) is 4.31 Å². The summed E-state index contributed by atoms with van der Waals surface area (Å²) in [5, 5.41) is 3.00. The Balaban J connectivity index is 1.53. The number of hydrogen-bond donors (Lipinski definition) is 1. The van der Waals surface area contributed by atoms with E-state index in [0.717, 1.165) is 18.5 Å². The van der Waals surface area contributed by atoms with Crippen molar-refractivity contribution in [2.45, 2.75) is 61.0 Å². The summed E-state index contributed by atoms with van der Waals surface area (Å²) in [6.07, 6.45) is 3.35. The highest BCUT2D eigenvalue weighted by Gasteiger charge is 2.32. The van der Waals surface area contributed by atoms with Gasteiger partial charge in [-0.3, -0.25) is 4.79 Å². The summed E-state index contributed by atoms with van der Waals surface area (Å²) >= 11 is 1.85. The molecule has 0 bridgehead atoms. The van der Waals surface area contributed by atoms with Crippen LogP contribution in [-0.2, 0) is 14.8 Å². The first kappa shape index (κ1) is 23.8. The number of nitrogens with one attached hydrogen (secondary N) is 1. The average molecular weight is 461 g/mol. The lowest BCUT2D eigenvalue weighted by Gasteiger charge is -2.30. The van der Waals surface area contributed by atoms with E-state index in [2.05, 4.69) is 26.1 Å². The third-order valence-corrected chi connectivity index (χ3v) is 8.75. The topological polar surface area (TPSA) is 66.5 Å². The molecular formula is C24H32N2O3S2. The number of amides is 1. The molecule has 2 aromatic carbocycles. The minimum absolute atomic E-state index is 0.0384. The van der Waals surface area contributed by atoms with E-state index in [1.807, 2.05) is 36.0 Å². The number of benzene rings is 2. The largest absolute Gasteiger partial charge is 0.326 e. The van der Waals surface area contributed by atoms with E-state index in [1.54, 1.807) is 30.3 Å². The normalized spacial score (nSPS) is 16.2. The van der Waals surface area contributed by atoms with Crippen LogP contribution in [0.1, 0.15) is 46.5 Å². The van der Waals surface area contributed by atoms with E-state index in [1.165, 1.54) is 9.20 Å². The molecule has 1 saturated heterocycles. The van der Waals surface area contributed by atoms with Crippen LogP contribution in [0.2, 0.25) is 0 Å². The Hall–Kier alpha value is -1.83. The summed E-state index contributed by atoms with van der Waals surface area (Å²) in [7, 11) is -3.49. The molecule has 1 fully saturated rings. The van der Waals surface area contributed by atoms with Crippen molar-refractivity contribution in [1.29, 1.82) is 0 Å². The number of sulfonamides is 1. The number of piperidine rings is 1. The summed E-state index contributed by atoms with van der Waals surface area (Å²) in [4.78, 5) is 14.2. The maximum absolute atomic E-state index is 12.8. The second-order valence-corrected chi connectivity index (χ2v) is 12.3. The first-order valence-electron chi connectivity index (χ1n) is 10.9. The molecule has 0 aromatic heterocycles. The standard InChI is InChI=1S/C24H32N2O3S2/c1-4-16-24(2,3)30-21-12-10-20(11-13-21)25-23(27)19-14-17-26(18-15-19)31(28,29)22-8-6-5-7-9-22/h5-13,19H,4,14-18H2,1-3H3,(H,25,27). The van der Waals surface area contributed by atoms with Crippen LogP contribution >= 0.6 is 11.8 Å². The molecule has 0 saturated carbocycles. The van der Waals surface area contributed by atoms with Gasteiger partial charge in [-0.25, -0.2) is 8.42 Å². The van der Waals surface area contributed by atoms with Gasteiger partial charge in [0, 0.05) is 34.3 Å². The van der Waals surface area contributed by atoms with Gasteiger partial charge in [-0.15, -0.1) is 11.8 Å². The molecule has 168 valence electrons. The monoisotopic (exact) mass is 460 g/mol. The van der Waals surface area contributed by atoms with Crippen LogP contribution in [-0.4, -0.2) is 36.5 Å². The van der Waals surface area contributed by atoms with E-state index in [-0.39, 0.29) is 16.6 Å². The van der Waals surface area contributed by atoms with Crippen LogP contribution in [0.15, 0.2) is 64.4 Å². The Morgan fingerprint density at radius 1 is 1.06 bits per heavy atom. The maximum atomic E-state index is 12.8. The molecule has 0 unspecified atom stereocenters. The van der Waals surface area contributed by atoms with Gasteiger partial charge in [0.15, 0.2) is 0 Å². The number of nitrogens with zero attached hydrogens (tertiary/aromatic N) is 1. The molecule has 2 aromatic rings. The molecule has 1 aliphatic rings. The predicted molar refractivity (Wildman–Crippen MR) is 128 cm³/mol. The Morgan fingerprint density at radius 3 is 2.26 bits per heavy atom. The first-order valence-corrected chi connectivity index (χ1v) is 13.1. The van der Waals surface area contributed by atoms with Crippen molar-refractivity contribution in [2.24, 2.45) is 5.92 Å². The second-order valence-electron chi connectivity index (χ2n) is 8.62. The van der Waals surface area contributed by atoms with Crippen LogP contribution in [0, 0.1) is 5.92 Å². The molecule has 1 heterocycles. The zero-order valence-electron chi connectivity index (χ0n) is 18.5. The van der Waals surface area contributed by atoms with Gasteiger partial charge in [-0.05, 0) is 55.7 Å². The lowest BCUT2D eigenvalue weighted by atomic mass is 9.97. The maximum Gasteiger partial charge on any atom is 0.243 e. The fourth-order valence-electron chi connectivity index (χ4n) is 3.92. The van der Waals surface area contributed by atoms with Crippen LogP contribution in [0.25, 0.3) is 0 Å². The first-order chi connectivity index (χ1) is 14.7. The summed E-state index contributed by atoms with van der Waals surface area (Å²) in [6.45, 7) is 7.42. The number of hydrogen-bond acceptors (Lipinski definition) is 4. The highest BCUT2D eigenvalue weighted by atomic mass is 32.2. The van der Waals surface area contributed by atoms with E-state index in [9.17, 15) is 13.2 Å². The minimum atomic E-state index is -3.49. The number of thioether (sulfide) groups is 1. The Labute approximate surface area is 190 Å². The van der Waals surface area contributed by atoms with E-state index in [0.29, 0.717) is 30.8 Å². The lowest BCUT2D eigenvalue weighted by molar-refractivity contribution is -0.120. The molecular weight excluding hydrogens is 428 g/mol. The molecule has 31 heavy (non-hydrogen) atoms. The van der Waals surface area contributed by atoms with Crippen molar-refractivity contribution in [3.05, 3.63) is 54.6 Å². The minimum Gasteiger partial charge on any atom is -0.326 e. The van der Waals surface area contributed by atoms with Gasteiger partial charge in [0.25, 0.3) is 0 Å². The van der Waals surface area contributed by atoms with E-state index >= 15 is 0 Å². The van der Waals surface area contributed by atoms with Crippen molar-refractivity contribution >= 4 is 33.4 Å². The second kappa shape index (κ2) is 10.2. The molecule has 3 rings (SSSR count). The van der Waals surface area contributed by atoms with E-state index < -0.39 is 10.0 Å². The summed E-state index contributed by atoms with van der Waals surface area (Å²) in [6, 6.07) is 16.4. The van der Waals surface area contributed by atoms with Gasteiger partial charge in [0.2, 0.25) is 15.9 Å². The fraction of sp³-hybridized carbons (Fsp3) is 0.458. The van der Waals surface area contributed by atoms with Crippen LogP contribution in [0.5, 0.6) is 0 Å². The quantitative estimate of drug-likeness (QED) is 0.536. The summed E-state index contributed by atoms with van der Waals surface area (Å²) in [5.74, 6) is -0.219. The number of carbonyl (C=O) groups excluding carboxylic acids is 1. The van der Waals surface area contributed by atoms with Crippen molar-refractivity contribution in [3.8, 4) is 0 Å². The third-order valence-electron chi connectivity index (χ3n) is 5.57. The van der Waals surface area contributed by atoms with Crippen molar-refractivity contribution in [2.75, 3.05) is 18.4 Å². The van der Waals surface area contributed by atoms with Gasteiger partial charge < -0.3 is 5.32 Å². The Bertz CT molecular complexity index is 966. The third kappa shape index (κ3) is 6.34. The summed E-state index contributed by atoms with van der Waals surface area (Å²) in [5.41, 5.74) is 0.780. The lowest BCUT2D eigenvalue weighted by Crippen LogP contribution is -2.41. The Morgan fingerprint density at radius 2 is 1.68 bits per heavy atom. The molecule has 0 atom stereocenters. The predicted octanol–water partition coefficient (Wildman–Crippen LogP) is 5.40. The average Bonchev–Trinajstić information content (AvgIpc) is 2.75. The molecule has 1 N–H and O–H groups in total. The highest BCUT2D eigenvalue weighted by molar-refractivity contribution is 8.00. The fourth-order valence-corrected chi connectivity index (χ4v) is 6.63. The molecule has 1 aliphatic heterocycles. The Kier molecular flexibility index (Phi) is 7.83. The van der Waals surface area contributed by atoms with Crippen molar-refractivity contribution in [3.63, 3.8) is 0 Å². The van der Waals surface area contributed by atoms with Gasteiger partial charge >= 0.3 is 0 Å². The van der Waals surface area contributed by atoms with Crippen LogP contribution in [0.3, 0.4) is 0 Å². The highest BCUT2D eigenvalue weighted by Crippen LogP contribution is 2.36. The van der Waals surface area contributed by atoms with Crippen LogP contribution in [0.4, 0.5) is 5.69 Å². The molecule has 0 spiro atoms. The van der Waals surface area contributed by atoms with Gasteiger partial charge in [0.1, 0.15) is 0 Å². The van der Waals surface area contributed by atoms with E-state index in [4.69, 9.17) is 0 Å². The number of carbonyl (C=O) groups is 1.